The molecule has 0 aromatic carbocycles. The standard InChI is InChI=1S/C15H23N3O3/c1-9(2)13-5-14(21-17-13)15(19)16-11-4-12-8-20-10(3)6-18(12)7-11/h5,9-12H,4,6-8H2,1-3H3,(H,16,19)/t10-,11+,12-/m0/s1. The summed E-state index contributed by atoms with van der Waals surface area (Å²) in [5, 5.41) is 6.98. The van der Waals surface area contributed by atoms with Crippen LogP contribution < -0.4 is 5.32 Å². The number of nitrogens with one attached hydrogen (secondary N) is 1. The van der Waals surface area contributed by atoms with Gasteiger partial charge < -0.3 is 14.6 Å². The van der Waals surface area contributed by atoms with Gasteiger partial charge in [0, 0.05) is 31.2 Å². The molecule has 2 aliphatic rings. The van der Waals surface area contributed by atoms with Gasteiger partial charge in [0.25, 0.3) is 5.91 Å². The molecular weight excluding hydrogens is 270 g/mol. The minimum Gasteiger partial charge on any atom is -0.376 e. The van der Waals surface area contributed by atoms with E-state index in [4.69, 9.17) is 9.26 Å². The third-order valence-corrected chi connectivity index (χ3v) is 4.27. The maximum absolute atomic E-state index is 12.2. The lowest BCUT2D eigenvalue weighted by molar-refractivity contribution is -0.0390. The predicted octanol–water partition coefficient (Wildman–Crippen LogP) is 1.39. The molecule has 2 aliphatic heterocycles. The Morgan fingerprint density at radius 1 is 1.48 bits per heavy atom. The van der Waals surface area contributed by atoms with Crippen molar-refractivity contribution >= 4 is 5.91 Å². The number of hydrogen-bond acceptors (Lipinski definition) is 5. The third-order valence-electron chi connectivity index (χ3n) is 4.27. The number of carbonyl (C=O) groups excluding carboxylic acids is 1. The minimum atomic E-state index is -0.173. The molecule has 1 N–H and O–H groups in total. The summed E-state index contributed by atoms with van der Waals surface area (Å²) in [6.07, 6.45) is 1.21. The van der Waals surface area contributed by atoms with Crippen LogP contribution in [0.4, 0.5) is 0 Å². The van der Waals surface area contributed by atoms with Gasteiger partial charge in [-0.15, -0.1) is 0 Å². The van der Waals surface area contributed by atoms with Crippen molar-refractivity contribution in [3.8, 4) is 0 Å². The summed E-state index contributed by atoms with van der Waals surface area (Å²) >= 11 is 0. The van der Waals surface area contributed by atoms with Crippen molar-refractivity contribution in [2.45, 2.75) is 51.3 Å². The lowest BCUT2D eigenvalue weighted by Gasteiger charge is -2.33. The van der Waals surface area contributed by atoms with E-state index < -0.39 is 0 Å². The molecule has 3 heterocycles. The Morgan fingerprint density at radius 3 is 3.00 bits per heavy atom. The lowest BCUT2D eigenvalue weighted by atomic mass is 10.1. The van der Waals surface area contributed by atoms with E-state index in [0.717, 1.165) is 31.8 Å². The molecule has 6 heteroatoms. The van der Waals surface area contributed by atoms with E-state index in [0.29, 0.717) is 11.8 Å². The van der Waals surface area contributed by atoms with Crippen molar-refractivity contribution in [2.24, 2.45) is 0 Å². The maximum Gasteiger partial charge on any atom is 0.290 e. The second-order valence-electron chi connectivity index (χ2n) is 6.43. The van der Waals surface area contributed by atoms with Crippen molar-refractivity contribution < 1.29 is 14.1 Å². The van der Waals surface area contributed by atoms with Crippen LogP contribution in [0.2, 0.25) is 0 Å². The molecule has 3 atom stereocenters. The average molecular weight is 293 g/mol. The smallest absolute Gasteiger partial charge is 0.290 e. The summed E-state index contributed by atoms with van der Waals surface area (Å²) in [5.74, 6) is 0.385. The number of hydrogen-bond donors (Lipinski definition) is 1. The Morgan fingerprint density at radius 2 is 2.29 bits per heavy atom. The van der Waals surface area contributed by atoms with E-state index in [1.807, 2.05) is 13.8 Å². The molecule has 21 heavy (non-hydrogen) atoms. The highest BCUT2D eigenvalue weighted by Gasteiger charge is 2.37. The van der Waals surface area contributed by atoms with Gasteiger partial charge in [0.2, 0.25) is 5.76 Å². The number of rotatable bonds is 3. The normalized spacial score (nSPS) is 29.6. The first-order valence-corrected chi connectivity index (χ1v) is 7.66. The fourth-order valence-corrected chi connectivity index (χ4v) is 3.07. The zero-order chi connectivity index (χ0) is 15.0. The van der Waals surface area contributed by atoms with Gasteiger partial charge in [0.1, 0.15) is 0 Å². The summed E-state index contributed by atoms with van der Waals surface area (Å²) < 4.78 is 10.8. The fraction of sp³-hybridized carbons (Fsp3) is 0.733. The van der Waals surface area contributed by atoms with Crippen LogP contribution >= 0.6 is 0 Å². The summed E-state index contributed by atoms with van der Waals surface area (Å²) in [5.41, 5.74) is 0.811. The monoisotopic (exact) mass is 293 g/mol. The van der Waals surface area contributed by atoms with Gasteiger partial charge in [-0.1, -0.05) is 19.0 Å². The minimum absolute atomic E-state index is 0.156. The van der Waals surface area contributed by atoms with Gasteiger partial charge in [-0.2, -0.15) is 0 Å². The fourth-order valence-electron chi connectivity index (χ4n) is 3.07. The molecule has 2 fully saturated rings. The molecule has 0 radical (unpaired) electrons. The van der Waals surface area contributed by atoms with Gasteiger partial charge >= 0.3 is 0 Å². The van der Waals surface area contributed by atoms with Crippen molar-refractivity contribution in [1.82, 2.24) is 15.4 Å². The molecule has 0 bridgehead atoms. The molecule has 6 nitrogen and oxygen atoms in total. The van der Waals surface area contributed by atoms with Crippen LogP contribution in [0.15, 0.2) is 10.6 Å². The Labute approximate surface area is 124 Å². The van der Waals surface area contributed by atoms with Crippen LogP contribution in [-0.4, -0.2) is 53.8 Å². The van der Waals surface area contributed by atoms with E-state index in [9.17, 15) is 4.79 Å². The van der Waals surface area contributed by atoms with E-state index in [2.05, 4.69) is 22.3 Å². The molecular formula is C15H23N3O3. The highest BCUT2D eigenvalue weighted by atomic mass is 16.5. The average Bonchev–Trinajstić information content (AvgIpc) is 3.03. The van der Waals surface area contributed by atoms with E-state index >= 15 is 0 Å². The van der Waals surface area contributed by atoms with Crippen LogP contribution in [0.1, 0.15) is 49.4 Å². The van der Waals surface area contributed by atoms with Crippen LogP contribution in [-0.2, 0) is 4.74 Å². The first-order chi connectivity index (χ1) is 10.0. The van der Waals surface area contributed by atoms with Crippen LogP contribution in [0.5, 0.6) is 0 Å². The van der Waals surface area contributed by atoms with Crippen molar-refractivity contribution in [3.05, 3.63) is 17.5 Å². The molecule has 0 saturated carbocycles. The second-order valence-corrected chi connectivity index (χ2v) is 6.43. The number of carbonyl (C=O) groups is 1. The van der Waals surface area contributed by atoms with Crippen LogP contribution in [0, 0.1) is 0 Å². The van der Waals surface area contributed by atoms with Gasteiger partial charge in [-0.05, 0) is 19.3 Å². The Bertz CT molecular complexity index is 514. The number of ether oxygens (including phenoxy) is 1. The molecule has 116 valence electrons. The number of amides is 1. The highest BCUT2D eigenvalue weighted by Crippen LogP contribution is 2.23. The first kappa shape index (κ1) is 14.5. The topological polar surface area (TPSA) is 67.6 Å². The molecule has 0 spiro atoms. The Hall–Kier alpha value is -1.40. The number of fused-ring (bicyclic) bond motifs is 1. The molecule has 1 aromatic rings. The Balaban J connectivity index is 1.58. The molecule has 3 rings (SSSR count). The van der Waals surface area contributed by atoms with Gasteiger partial charge in [0.15, 0.2) is 0 Å². The van der Waals surface area contributed by atoms with Crippen molar-refractivity contribution in [2.75, 3.05) is 19.7 Å². The summed E-state index contributed by atoms with van der Waals surface area (Å²) in [4.78, 5) is 14.6. The number of morpholine rings is 1. The second kappa shape index (κ2) is 5.77. The molecule has 1 aromatic heterocycles. The lowest BCUT2D eigenvalue weighted by Crippen LogP contribution is -2.45. The van der Waals surface area contributed by atoms with Crippen molar-refractivity contribution in [3.63, 3.8) is 0 Å². The summed E-state index contributed by atoms with van der Waals surface area (Å²) in [6.45, 7) is 8.72. The summed E-state index contributed by atoms with van der Waals surface area (Å²) in [6, 6.07) is 2.31. The Kier molecular flexibility index (Phi) is 3.99. The van der Waals surface area contributed by atoms with Crippen molar-refractivity contribution in [1.29, 1.82) is 0 Å². The number of aromatic nitrogens is 1. The van der Waals surface area contributed by atoms with Crippen LogP contribution in [0.25, 0.3) is 0 Å². The zero-order valence-electron chi connectivity index (χ0n) is 12.8. The highest BCUT2D eigenvalue weighted by molar-refractivity contribution is 5.91. The summed E-state index contributed by atoms with van der Waals surface area (Å²) in [7, 11) is 0. The SMILES string of the molecule is CC(C)c1cc(C(=O)N[C@@H]2C[C@H]3CO[C@@H](C)CN3C2)on1. The van der Waals surface area contributed by atoms with E-state index in [1.165, 1.54) is 0 Å². The van der Waals surface area contributed by atoms with Gasteiger partial charge in [-0.3, -0.25) is 9.69 Å². The maximum atomic E-state index is 12.2. The van der Waals surface area contributed by atoms with E-state index in [1.54, 1.807) is 6.07 Å². The number of nitrogens with zero attached hydrogens (tertiary/aromatic N) is 2. The largest absolute Gasteiger partial charge is 0.376 e. The first-order valence-electron chi connectivity index (χ1n) is 7.66. The molecule has 2 saturated heterocycles. The molecule has 1 amide bonds. The molecule has 0 unspecified atom stereocenters. The quantitative estimate of drug-likeness (QED) is 0.912. The van der Waals surface area contributed by atoms with Crippen LogP contribution in [0.3, 0.4) is 0 Å². The van der Waals surface area contributed by atoms with Gasteiger partial charge in [-0.25, -0.2) is 0 Å². The third kappa shape index (κ3) is 3.11. The predicted molar refractivity (Wildman–Crippen MR) is 77.2 cm³/mol. The molecule has 0 aliphatic carbocycles. The van der Waals surface area contributed by atoms with Gasteiger partial charge in [0.05, 0.1) is 18.4 Å². The zero-order valence-corrected chi connectivity index (χ0v) is 12.8. The van der Waals surface area contributed by atoms with E-state index in [-0.39, 0.29) is 24.0 Å².